The van der Waals surface area contributed by atoms with Crippen LogP contribution in [0.2, 0.25) is 0 Å². The summed E-state index contributed by atoms with van der Waals surface area (Å²) in [7, 11) is -2.07. The van der Waals surface area contributed by atoms with Gasteiger partial charge in [-0.1, -0.05) is 6.07 Å². The summed E-state index contributed by atoms with van der Waals surface area (Å²) >= 11 is 0. The SMILES string of the molecule is COc1cc(C)cc(C)c1S(=O)(=O)NC1CCCNC1.Cl. The van der Waals surface area contributed by atoms with E-state index in [1.54, 1.807) is 13.0 Å². The minimum atomic E-state index is -3.57. The summed E-state index contributed by atoms with van der Waals surface area (Å²) in [6, 6.07) is 3.55. The van der Waals surface area contributed by atoms with E-state index < -0.39 is 10.0 Å². The molecule has 1 unspecified atom stereocenters. The smallest absolute Gasteiger partial charge is 0.244 e. The Balaban J connectivity index is 0.00000220. The first-order valence-corrected chi connectivity index (χ1v) is 8.30. The number of sulfonamides is 1. The van der Waals surface area contributed by atoms with Gasteiger partial charge in [0.05, 0.1) is 7.11 Å². The van der Waals surface area contributed by atoms with E-state index in [4.69, 9.17) is 4.74 Å². The molecule has 1 aliphatic heterocycles. The molecule has 0 aromatic heterocycles. The van der Waals surface area contributed by atoms with Crippen LogP contribution in [0.1, 0.15) is 24.0 Å². The van der Waals surface area contributed by atoms with Crippen molar-refractivity contribution in [3.63, 3.8) is 0 Å². The molecule has 1 saturated heterocycles. The molecule has 1 aromatic rings. The zero-order valence-corrected chi connectivity index (χ0v) is 14.2. The fourth-order valence-electron chi connectivity index (χ4n) is 2.64. The van der Waals surface area contributed by atoms with Crippen molar-refractivity contribution in [2.75, 3.05) is 20.2 Å². The lowest BCUT2D eigenvalue weighted by molar-refractivity contribution is 0.398. The van der Waals surface area contributed by atoms with Crippen LogP contribution in [0, 0.1) is 13.8 Å². The van der Waals surface area contributed by atoms with Crippen LogP contribution in [0.5, 0.6) is 5.75 Å². The minimum Gasteiger partial charge on any atom is -0.495 e. The Morgan fingerprint density at radius 2 is 2.05 bits per heavy atom. The zero-order valence-electron chi connectivity index (χ0n) is 12.6. The predicted molar refractivity (Wildman–Crippen MR) is 85.9 cm³/mol. The van der Waals surface area contributed by atoms with E-state index in [1.165, 1.54) is 7.11 Å². The normalized spacial score (nSPS) is 18.9. The van der Waals surface area contributed by atoms with E-state index in [2.05, 4.69) is 10.0 Å². The van der Waals surface area contributed by atoms with E-state index in [0.717, 1.165) is 24.9 Å². The molecule has 2 N–H and O–H groups in total. The Labute approximate surface area is 132 Å². The molecule has 0 aliphatic carbocycles. The maximum atomic E-state index is 12.6. The van der Waals surface area contributed by atoms with E-state index in [0.29, 0.717) is 17.9 Å². The first-order chi connectivity index (χ1) is 9.44. The fraction of sp³-hybridized carbons (Fsp3) is 0.571. The number of hydrogen-bond donors (Lipinski definition) is 2. The largest absolute Gasteiger partial charge is 0.495 e. The van der Waals surface area contributed by atoms with E-state index >= 15 is 0 Å². The molecule has 21 heavy (non-hydrogen) atoms. The van der Waals surface area contributed by atoms with Gasteiger partial charge in [0, 0.05) is 12.6 Å². The van der Waals surface area contributed by atoms with Gasteiger partial charge in [-0.15, -0.1) is 12.4 Å². The third-order valence-electron chi connectivity index (χ3n) is 3.49. The molecule has 0 radical (unpaired) electrons. The van der Waals surface area contributed by atoms with Crippen molar-refractivity contribution < 1.29 is 13.2 Å². The zero-order chi connectivity index (χ0) is 14.8. The van der Waals surface area contributed by atoms with Gasteiger partial charge < -0.3 is 10.1 Å². The molecule has 1 heterocycles. The quantitative estimate of drug-likeness (QED) is 0.880. The highest BCUT2D eigenvalue weighted by Crippen LogP contribution is 2.29. The number of hydrogen-bond acceptors (Lipinski definition) is 4. The average molecular weight is 335 g/mol. The molecule has 0 bridgehead atoms. The highest BCUT2D eigenvalue weighted by Gasteiger charge is 2.26. The van der Waals surface area contributed by atoms with Crippen LogP contribution < -0.4 is 14.8 Å². The summed E-state index contributed by atoms with van der Waals surface area (Å²) in [6.07, 6.45) is 1.84. The van der Waals surface area contributed by atoms with Crippen molar-refractivity contribution in [1.82, 2.24) is 10.0 Å². The fourth-order valence-corrected chi connectivity index (χ4v) is 4.29. The molecule has 7 heteroatoms. The number of halogens is 1. The highest BCUT2D eigenvalue weighted by molar-refractivity contribution is 7.89. The van der Waals surface area contributed by atoms with Crippen LogP contribution in [0.25, 0.3) is 0 Å². The third kappa shape index (κ3) is 4.32. The average Bonchev–Trinajstić information content (AvgIpc) is 2.37. The van der Waals surface area contributed by atoms with Gasteiger partial charge in [0.15, 0.2) is 0 Å². The number of nitrogens with one attached hydrogen (secondary N) is 2. The minimum absolute atomic E-state index is 0. The van der Waals surface area contributed by atoms with Gasteiger partial charge in [-0.3, -0.25) is 0 Å². The lowest BCUT2D eigenvalue weighted by atomic mass is 10.1. The molecule has 120 valence electrons. The molecule has 0 saturated carbocycles. The van der Waals surface area contributed by atoms with Crippen LogP contribution in [0.4, 0.5) is 0 Å². The summed E-state index contributed by atoms with van der Waals surface area (Å²) in [5.41, 5.74) is 1.69. The predicted octanol–water partition coefficient (Wildman–Crippen LogP) is 1.76. The van der Waals surface area contributed by atoms with Gasteiger partial charge in [0.2, 0.25) is 10.0 Å². The van der Waals surface area contributed by atoms with Crippen LogP contribution in [0.3, 0.4) is 0 Å². The first kappa shape index (κ1) is 18.2. The third-order valence-corrected chi connectivity index (χ3v) is 5.20. The Hall–Kier alpha value is -0.820. The maximum absolute atomic E-state index is 12.6. The lowest BCUT2D eigenvalue weighted by Gasteiger charge is -2.24. The van der Waals surface area contributed by atoms with Crippen molar-refractivity contribution in [2.45, 2.75) is 37.6 Å². The van der Waals surface area contributed by atoms with Crippen molar-refractivity contribution >= 4 is 22.4 Å². The van der Waals surface area contributed by atoms with Crippen molar-refractivity contribution in [2.24, 2.45) is 0 Å². The second-order valence-corrected chi connectivity index (χ2v) is 6.93. The summed E-state index contributed by atoms with van der Waals surface area (Å²) in [5.74, 6) is 0.402. The number of piperidine rings is 1. The molecular formula is C14H23ClN2O3S. The van der Waals surface area contributed by atoms with Crippen molar-refractivity contribution in [3.05, 3.63) is 23.3 Å². The van der Waals surface area contributed by atoms with Gasteiger partial charge in [0.1, 0.15) is 10.6 Å². The second kappa shape index (κ2) is 7.45. The second-order valence-electron chi connectivity index (χ2n) is 5.28. The molecule has 1 fully saturated rings. The summed E-state index contributed by atoms with van der Waals surface area (Å²) in [4.78, 5) is 0.246. The van der Waals surface area contributed by atoms with Gasteiger partial charge >= 0.3 is 0 Å². The number of aryl methyl sites for hydroxylation is 2. The van der Waals surface area contributed by atoms with Gasteiger partial charge in [0.25, 0.3) is 0 Å². The maximum Gasteiger partial charge on any atom is 0.244 e. The highest BCUT2D eigenvalue weighted by atomic mass is 35.5. The van der Waals surface area contributed by atoms with Crippen LogP contribution in [-0.4, -0.2) is 34.7 Å². The monoisotopic (exact) mass is 334 g/mol. The van der Waals surface area contributed by atoms with Crippen LogP contribution >= 0.6 is 12.4 Å². The first-order valence-electron chi connectivity index (χ1n) is 6.82. The molecule has 2 rings (SSSR count). The Morgan fingerprint density at radius 1 is 1.33 bits per heavy atom. The Bertz CT molecular complexity index is 584. The van der Waals surface area contributed by atoms with Crippen LogP contribution in [0.15, 0.2) is 17.0 Å². The van der Waals surface area contributed by atoms with Crippen molar-refractivity contribution in [3.8, 4) is 5.75 Å². The van der Waals surface area contributed by atoms with Gasteiger partial charge in [-0.25, -0.2) is 13.1 Å². The molecular weight excluding hydrogens is 312 g/mol. The topological polar surface area (TPSA) is 67.4 Å². The standard InChI is InChI=1S/C14H22N2O3S.ClH/c1-10-7-11(2)14(13(8-10)19-3)20(17,18)16-12-5-4-6-15-9-12;/h7-8,12,15-16H,4-6,9H2,1-3H3;1H. The van der Waals surface area contributed by atoms with E-state index in [-0.39, 0.29) is 23.3 Å². The van der Waals surface area contributed by atoms with Crippen LogP contribution in [-0.2, 0) is 10.0 Å². The molecule has 1 aliphatic rings. The number of ether oxygens (including phenoxy) is 1. The van der Waals surface area contributed by atoms with Gasteiger partial charge in [-0.2, -0.15) is 0 Å². The Morgan fingerprint density at radius 3 is 2.62 bits per heavy atom. The number of methoxy groups -OCH3 is 1. The van der Waals surface area contributed by atoms with E-state index in [1.807, 2.05) is 13.0 Å². The molecule has 0 spiro atoms. The van der Waals surface area contributed by atoms with Crippen molar-refractivity contribution in [1.29, 1.82) is 0 Å². The Kier molecular flexibility index (Phi) is 6.46. The molecule has 1 atom stereocenters. The van der Waals surface area contributed by atoms with Gasteiger partial charge in [-0.05, 0) is 50.4 Å². The number of rotatable bonds is 4. The number of benzene rings is 1. The summed E-state index contributed by atoms with van der Waals surface area (Å²) in [5, 5.41) is 3.20. The molecule has 0 amide bonds. The molecule has 1 aromatic carbocycles. The summed E-state index contributed by atoms with van der Waals surface area (Å²) < 4.78 is 33.2. The lowest BCUT2D eigenvalue weighted by Crippen LogP contribution is -2.45. The summed E-state index contributed by atoms with van der Waals surface area (Å²) in [6.45, 7) is 5.34. The molecule has 5 nitrogen and oxygen atoms in total. The van der Waals surface area contributed by atoms with E-state index in [9.17, 15) is 8.42 Å².